The summed E-state index contributed by atoms with van der Waals surface area (Å²) in [6.07, 6.45) is 10.1. The Morgan fingerprint density at radius 1 is 0.821 bits per heavy atom. The van der Waals surface area contributed by atoms with E-state index < -0.39 is 18.1 Å². The van der Waals surface area contributed by atoms with Gasteiger partial charge in [-0.25, -0.2) is 9.59 Å². The zero-order valence-corrected chi connectivity index (χ0v) is 17.6. The summed E-state index contributed by atoms with van der Waals surface area (Å²) in [6, 6.07) is 8.86. The predicted octanol–water partition coefficient (Wildman–Crippen LogP) is 5.42. The normalized spacial score (nSPS) is 11.6. The number of carbonyl (C=O) groups is 2. The van der Waals surface area contributed by atoms with Crippen LogP contribution in [0, 0.1) is 0 Å². The molecule has 1 rings (SSSR count). The fourth-order valence-corrected chi connectivity index (χ4v) is 2.93. The van der Waals surface area contributed by atoms with Crippen LogP contribution >= 0.6 is 0 Å². The molecule has 0 fully saturated rings. The molecule has 0 aliphatic heterocycles. The van der Waals surface area contributed by atoms with Crippen molar-refractivity contribution in [3.63, 3.8) is 0 Å². The molecule has 0 aliphatic rings. The Balaban J connectivity index is 2.36. The molecule has 0 radical (unpaired) electrons. The zero-order chi connectivity index (χ0) is 20.5. The van der Waals surface area contributed by atoms with Crippen molar-refractivity contribution in [1.82, 2.24) is 5.32 Å². The van der Waals surface area contributed by atoms with E-state index in [4.69, 9.17) is 9.47 Å². The molecule has 0 saturated heterocycles. The molecular weight excluding hydrogens is 354 g/mol. The van der Waals surface area contributed by atoms with Gasteiger partial charge in [0.15, 0.2) is 0 Å². The van der Waals surface area contributed by atoms with Crippen LogP contribution in [0.5, 0.6) is 0 Å². The molecule has 1 amide bonds. The molecule has 0 aromatic heterocycles. The molecular formula is C23H37NO4. The van der Waals surface area contributed by atoms with Gasteiger partial charge in [0.25, 0.3) is 0 Å². The maximum atomic E-state index is 12.5. The lowest BCUT2D eigenvalue weighted by molar-refractivity contribution is -0.146. The number of ether oxygens (including phenoxy) is 2. The number of carbonyl (C=O) groups excluding carboxylic acids is 2. The van der Waals surface area contributed by atoms with E-state index in [0.717, 1.165) is 24.8 Å². The highest BCUT2D eigenvalue weighted by molar-refractivity contribution is 5.81. The third kappa shape index (κ3) is 11.6. The van der Waals surface area contributed by atoms with Gasteiger partial charge >= 0.3 is 12.1 Å². The Bertz CT molecular complexity index is 533. The summed E-state index contributed by atoms with van der Waals surface area (Å²) in [5, 5.41) is 2.65. The van der Waals surface area contributed by atoms with Gasteiger partial charge in [-0.05, 0) is 18.4 Å². The van der Waals surface area contributed by atoms with E-state index in [2.05, 4.69) is 12.2 Å². The van der Waals surface area contributed by atoms with Crippen LogP contribution in [0.3, 0.4) is 0 Å². The molecule has 28 heavy (non-hydrogen) atoms. The third-order valence-electron chi connectivity index (χ3n) is 4.54. The Morgan fingerprint density at radius 3 is 2.11 bits per heavy atom. The van der Waals surface area contributed by atoms with Crippen LogP contribution in [0.25, 0.3) is 0 Å². The predicted molar refractivity (Wildman–Crippen MR) is 112 cm³/mol. The van der Waals surface area contributed by atoms with Crippen molar-refractivity contribution < 1.29 is 19.1 Å². The van der Waals surface area contributed by atoms with Gasteiger partial charge in [-0.15, -0.1) is 0 Å². The molecule has 1 aromatic rings. The van der Waals surface area contributed by atoms with Crippen LogP contribution < -0.4 is 5.32 Å². The number of hydrogen-bond acceptors (Lipinski definition) is 4. The molecule has 158 valence electrons. The number of unbranched alkanes of at least 4 members (excludes halogenated alkanes) is 7. The highest BCUT2D eigenvalue weighted by Gasteiger charge is 2.23. The van der Waals surface area contributed by atoms with Gasteiger partial charge in [0.1, 0.15) is 6.04 Å². The lowest BCUT2D eigenvalue weighted by atomic mass is 10.1. The Labute approximate surface area is 170 Å². The molecule has 5 nitrogen and oxygen atoms in total. The number of hydrogen-bond donors (Lipinski definition) is 1. The molecule has 1 aromatic carbocycles. The molecule has 1 atom stereocenters. The largest absolute Gasteiger partial charge is 0.464 e. The molecule has 0 aliphatic carbocycles. The Hall–Kier alpha value is -2.04. The Morgan fingerprint density at radius 2 is 1.46 bits per heavy atom. The highest BCUT2D eigenvalue weighted by atomic mass is 16.6. The first-order valence-corrected chi connectivity index (χ1v) is 10.8. The van der Waals surface area contributed by atoms with E-state index in [1.807, 2.05) is 37.3 Å². The van der Waals surface area contributed by atoms with Gasteiger partial charge in [0, 0.05) is 6.42 Å². The van der Waals surface area contributed by atoms with Gasteiger partial charge in [-0.2, -0.15) is 0 Å². The SMILES string of the molecule is CCCCCCCCCCOC(=O)C(Cc1ccccc1)NC(=O)OCCC. The quantitative estimate of drug-likeness (QED) is 0.320. The summed E-state index contributed by atoms with van der Waals surface area (Å²) in [4.78, 5) is 24.4. The monoisotopic (exact) mass is 391 g/mol. The summed E-state index contributed by atoms with van der Waals surface area (Å²) < 4.78 is 10.5. The first kappa shape index (κ1) is 24.0. The maximum Gasteiger partial charge on any atom is 0.407 e. The van der Waals surface area contributed by atoms with E-state index >= 15 is 0 Å². The van der Waals surface area contributed by atoms with E-state index in [1.165, 1.54) is 38.5 Å². The summed E-state index contributed by atoms with van der Waals surface area (Å²) in [5.41, 5.74) is 0.965. The minimum atomic E-state index is -0.735. The summed E-state index contributed by atoms with van der Waals surface area (Å²) in [7, 11) is 0. The van der Waals surface area contributed by atoms with Crippen LogP contribution in [0.15, 0.2) is 30.3 Å². The minimum Gasteiger partial charge on any atom is -0.464 e. The second kappa shape index (κ2) is 16.0. The first-order valence-electron chi connectivity index (χ1n) is 10.8. The van der Waals surface area contributed by atoms with Gasteiger partial charge in [0.2, 0.25) is 0 Å². The lowest BCUT2D eigenvalue weighted by Crippen LogP contribution is -2.43. The average molecular weight is 392 g/mol. The van der Waals surface area contributed by atoms with Crippen molar-refractivity contribution >= 4 is 12.1 Å². The number of esters is 1. The second-order valence-corrected chi connectivity index (χ2v) is 7.16. The number of amides is 1. The number of nitrogens with one attached hydrogen (secondary N) is 1. The van der Waals surface area contributed by atoms with Crippen molar-refractivity contribution in [1.29, 1.82) is 0 Å². The van der Waals surface area contributed by atoms with E-state index in [1.54, 1.807) is 0 Å². The smallest absolute Gasteiger partial charge is 0.407 e. The molecule has 1 unspecified atom stereocenters. The number of benzene rings is 1. The molecule has 5 heteroatoms. The molecule has 0 saturated carbocycles. The maximum absolute atomic E-state index is 12.5. The standard InChI is InChI=1S/C23H37NO4/c1-3-5-6-7-8-9-10-14-18-27-22(25)21(24-23(26)28-17-4-2)19-20-15-12-11-13-16-20/h11-13,15-16,21H,3-10,14,17-19H2,1-2H3,(H,24,26). The molecule has 0 spiro atoms. The first-order chi connectivity index (χ1) is 13.7. The zero-order valence-electron chi connectivity index (χ0n) is 17.6. The number of rotatable bonds is 15. The van der Waals surface area contributed by atoms with Crippen molar-refractivity contribution in [3.8, 4) is 0 Å². The van der Waals surface area contributed by atoms with Crippen LogP contribution in [0.4, 0.5) is 4.79 Å². The van der Waals surface area contributed by atoms with Crippen molar-refractivity contribution in [2.75, 3.05) is 13.2 Å². The van der Waals surface area contributed by atoms with E-state index in [0.29, 0.717) is 19.6 Å². The fourth-order valence-electron chi connectivity index (χ4n) is 2.93. The van der Waals surface area contributed by atoms with Crippen LogP contribution in [-0.4, -0.2) is 31.3 Å². The van der Waals surface area contributed by atoms with E-state index in [9.17, 15) is 9.59 Å². The van der Waals surface area contributed by atoms with E-state index in [-0.39, 0.29) is 0 Å². The minimum absolute atomic E-state index is 0.331. The summed E-state index contributed by atoms with van der Waals surface area (Å²) in [6.45, 7) is 4.87. The Kier molecular flexibility index (Phi) is 13.7. The van der Waals surface area contributed by atoms with Crippen LogP contribution in [0.2, 0.25) is 0 Å². The van der Waals surface area contributed by atoms with Crippen LogP contribution in [0.1, 0.15) is 77.2 Å². The molecule has 0 bridgehead atoms. The summed E-state index contributed by atoms with van der Waals surface area (Å²) >= 11 is 0. The van der Waals surface area contributed by atoms with Gasteiger partial charge in [0.05, 0.1) is 13.2 Å². The van der Waals surface area contributed by atoms with Gasteiger partial charge in [-0.1, -0.05) is 89.1 Å². The highest BCUT2D eigenvalue weighted by Crippen LogP contribution is 2.09. The van der Waals surface area contributed by atoms with Gasteiger partial charge in [-0.3, -0.25) is 0 Å². The van der Waals surface area contributed by atoms with Crippen molar-refractivity contribution in [3.05, 3.63) is 35.9 Å². The van der Waals surface area contributed by atoms with Crippen molar-refractivity contribution in [2.45, 2.75) is 84.1 Å². The molecule has 0 heterocycles. The molecule has 1 N–H and O–H groups in total. The fraction of sp³-hybridized carbons (Fsp3) is 0.652. The van der Waals surface area contributed by atoms with Crippen LogP contribution in [-0.2, 0) is 20.7 Å². The van der Waals surface area contributed by atoms with Crippen molar-refractivity contribution in [2.24, 2.45) is 0 Å². The number of alkyl carbamates (subject to hydrolysis) is 1. The summed E-state index contributed by atoms with van der Waals surface area (Å²) in [5.74, 6) is -0.403. The second-order valence-electron chi connectivity index (χ2n) is 7.16. The average Bonchev–Trinajstić information content (AvgIpc) is 2.71. The topological polar surface area (TPSA) is 64.6 Å². The third-order valence-corrected chi connectivity index (χ3v) is 4.54. The van der Waals surface area contributed by atoms with Gasteiger partial charge < -0.3 is 14.8 Å². The lowest BCUT2D eigenvalue weighted by Gasteiger charge is -2.17.